The summed E-state index contributed by atoms with van der Waals surface area (Å²) in [6.45, 7) is 0. The van der Waals surface area contributed by atoms with Crippen molar-refractivity contribution in [1.82, 2.24) is 5.43 Å². The fourth-order valence-electron chi connectivity index (χ4n) is 2.96. The maximum Gasteiger partial charge on any atom is 0.0847 e. The van der Waals surface area contributed by atoms with Gasteiger partial charge < -0.3 is 4.74 Å². The summed E-state index contributed by atoms with van der Waals surface area (Å²) in [5, 5.41) is 0.765. The molecule has 3 nitrogen and oxygen atoms in total. The Labute approximate surface area is 114 Å². The molecule has 0 amide bonds. The zero-order chi connectivity index (χ0) is 13.0. The summed E-state index contributed by atoms with van der Waals surface area (Å²) in [5.74, 6) is 5.74. The summed E-state index contributed by atoms with van der Waals surface area (Å²) in [7, 11) is 1.79. The normalized spacial score (nSPS) is 19.9. The van der Waals surface area contributed by atoms with Gasteiger partial charge in [-0.1, -0.05) is 36.6 Å². The van der Waals surface area contributed by atoms with Crippen LogP contribution in [0.5, 0.6) is 0 Å². The third-order valence-electron chi connectivity index (χ3n) is 4.02. The number of rotatable bonds is 5. The molecule has 4 heteroatoms. The van der Waals surface area contributed by atoms with Gasteiger partial charge in [0, 0.05) is 12.1 Å². The van der Waals surface area contributed by atoms with Gasteiger partial charge in [0.15, 0.2) is 0 Å². The molecule has 1 atom stereocenters. The van der Waals surface area contributed by atoms with Crippen molar-refractivity contribution >= 4 is 11.6 Å². The fraction of sp³-hybridized carbons (Fsp3) is 0.571. The first-order valence-corrected chi connectivity index (χ1v) is 6.84. The molecule has 2 rings (SSSR count). The number of methoxy groups -OCH3 is 1. The van der Waals surface area contributed by atoms with Crippen molar-refractivity contribution < 1.29 is 4.74 Å². The van der Waals surface area contributed by atoms with Gasteiger partial charge in [-0.15, -0.1) is 0 Å². The molecular formula is C14H21ClN2O. The van der Waals surface area contributed by atoms with Crippen molar-refractivity contribution in [3.05, 3.63) is 34.9 Å². The minimum absolute atomic E-state index is 0.128. The van der Waals surface area contributed by atoms with E-state index in [1.54, 1.807) is 7.11 Å². The molecule has 0 bridgehead atoms. The van der Waals surface area contributed by atoms with E-state index in [1.807, 2.05) is 18.2 Å². The Balaban J connectivity index is 2.13. The highest BCUT2D eigenvalue weighted by molar-refractivity contribution is 6.30. The third-order valence-corrected chi connectivity index (χ3v) is 4.26. The van der Waals surface area contributed by atoms with Crippen LogP contribution in [0.4, 0.5) is 0 Å². The Bertz CT molecular complexity index is 391. The van der Waals surface area contributed by atoms with E-state index in [9.17, 15) is 0 Å². The maximum atomic E-state index is 6.02. The quantitative estimate of drug-likeness (QED) is 0.638. The number of hydrogen-bond acceptors (Lipinski definition) is 3. The predicted molar refractivity (Wildman–Crippen MR) is 74.5 cm³/mol. The molecule has 1 saturated carbocycles. The zero-order valence-electron chi connectivity index (χ0n) is 10.8. The Morgan fingerprint density at radius 2 is 2.17 bits per heavy atom. The molecule has 1 aromatic carbocycles. The molecule has 1 aliphatic rings. The van der Waals surface area contributed by atoms with Gasteiger partial charge in [-0.25, -0.2) is 0 Å². The molecule has 0 saturated heterocycles. The van der Waals surface area contributed by atoms with E-state index in [0.717, 1.165) is 24.3 Å². The van der Waals surface area contributed by atoms with E-state index < -0.39 is 0 Å². The number of benzene rings is 1. The highest BCUT2D eigenvalue weighted by atomic mass is 35.5. The van der Waals surface area contributed by atoms with Crippen molar-refractivity contribution in [2.75, 3.05) is 7.11 Å². The molecule has 100 valence electrons. The van der Waals surface area contributed by atoms with Crippen LogP contribution in [0.15, 0.2) is 24.3 Å². The largest absolute Gasteiger partial charge is 0.377 e. The molecule has 0 heterocycles. The van der Waals surface area contributed by atoms with Crippen LogP contribution in [0.2, 0.25) is 5.02 Å². The van der Waals surface area contributed by atoms with Crippen LogP contribution in [0, 0.1) is 0 Å². The monoisotopic (exact) mass is 268 g/mol. The average Bonchev–Trinajstić information content (AvgIpc) is 2.86. The summed E-state index contributed by atoms with van der Waals surface area (Å²) < 4.78 is 5.78. The number of hydrogen-bond donors (Lipinski definition) is 2. The van der Waals surface area contributed by atoms with Gasteiger partial charge in [-0.2, -0.15) is 0 Å². The Hall–Kier alpha value is -0.610. The van der Waals surface area contributed by atoms with Gasteiger partial charge in [-0.3, -0.25) is 11.3 Å². The van der Waals surface area contributed by atoms with Crippen molar-refractivity contribution in [1.29, 1.82) is 0 Å². The van der Waals surface area contributed by atoms with E-state index >= 15 is 0 Å². The van der Waals surface area contributed by atoms with Crippen LogP contribution in [0.1, 0.15) is 31.2 Å². The SMILES string of the molecule is COC1(C(Cc2cccc(Cl)c2)NN)CCCC1. The standard InChI is InChI=1S/C14H21ClN2O/c1-18-14(7-2-3-8-14)13(17-16)10-11-5-4-6-12(15)9-11/h4-6,9,13,17H,2-3,7-8,10,16H2,1H3. The molecule has 0 radical (unpaired) electrons. The molecular weight excluding hydrogens is 248 g/mol. The Morgan fingerprint density at radius 1 is 1.44 bits per heavy atom. The highest BCUT2D eigenvalue weighted by Gasteiger charge is 2.41. The fourth-order valence-corrected chi connectivity index (χ4v) is 3.18. The first-order chi connectivity index (χ1) is 8.70. The number of hydrazine groups is 1. The van der Waals surface area contributed by atoms with E-state index in [-0.39, 0.29) is 11.6 Å². The maximum absolute atomic E-state index is 6.02. The predicted octanol–water partition coefficient (Wildman–Crippen LogP) is 2.67. The van der Waals surface area contributed by atoms with E-state index in [1.165, 1.54) is 18.4 Å². The Morgan fingerprint density at radius 3 is 2.72 bits per heavy atom. The minimum Gasteiger partial charge on any atom is -0.377 e. The van der Waals surface area contributed by atoms with Crippen LogP contribution in [-0.2, 0) is 11.2 Å². The van der Waals surface area contributed by atoms with Gasteiger partial charge in [0.2, 0.25) is 0 Å². The van der Waals surface area contributed by atoms with E-state index in [4.69, 9.17) is 22.2 Å². The van der Waals surface area contributed by atoms with Crippen molar-refractivity contribution in [2.24, 2.45) is 5.84 Å². The van der Waals surface area contributed by atoms with Crippen LogP contribution in [0.25, 0.3) is 0 Å². The molecule has 1 aromatic rings. The lowest BCUT2D eigenvalue weighted by Gasteiger charge is -2.36. The van der Waals surface area contributed by atoms with Gasteiger partial charge in [-0.05, 0) is 37.0 Å². The summed E-state index contributed by atoms with van der Waals surface area (Å²) in [6, 6.07) is 8.05. The molecule has 1 unspecified atom stereocenters. The topological polar surface area (TPSA) is 47.3 Å². The minimum atomic E-state index is -0.128. The number of nitrogens with two attached hydrogens (primary N) is 1. The second-order valence-electron chi connectivity index (χ2n) is 5.03. The first kappa shape index (κ1) is 13.8. The molecule has 1 fully saturated rings. The van der Waals surface area contributed by atoms with Crippen LogP contribution in [0.3, 0.4) is 0 Å². The average molecular weight is 269 g/mol. The summed E-state index contributed by atoms with van der Waals surface area (Å²) in [6.07, 6.45) is 5.39. The van der Waals surface area contributed by atoms with Crippen LogP contribution >= 0.6 is 11.6 Å². The van der Waals surface area contributed by atoms with Crippen LogP contribution in [-0.4, -0.2) is 18.8 Å². The molecule has 3 N–H and O–H groups in total. The number of halogens is 1. The molecule has 0 aromatic heterocycles. The molecule has 0 aliphatic heterocycles. The second kappa shape index (κ2) is 6.02. The first-order valence-electron chi connectivity index (χ1n) is 6.46. The van der Waals surface area contributed by atoms with Gasteiger partial charge in [0.05, 0.1) is 11.6 Å². The second-order valence-corrected chi connectivity index (χ2v) is 5.47. The smallest absolute Gasteiger partial charge is 0.0847 e. The van der Waals surface area contributed by atoms with Gasteiger partial charge >= 0.3 is 0 Å². The molecule has 0 spiro atoms. The third kappa shape index (κ3) is 2.86. The number of nitrogens with one attached hydrogen (secondary N) is 1. The lowest BCUT2D eigenvalue weighted by Crippen LogP contribution is -2.54. The summed E-state index contributed by atoms with van der Waals surface area (Å²) >= 11 is 6.02. The molecule has 1 aliphatic carbocycles. The van der Waals surface area contributed by atoms with Crippen molar-refractivity contribution in [3.63, 3.8) is 0 Å². The van der Waals surface area contributed by atoms with Crippen LogP contribution < -0.4 is 11.3 Å². The van der Waals surface area contributed by atoms with E-state index in [0.29, 0.717) is 0 Å². The number of ether oxygens (including phenoxy) is 1. The van der Waals surface area contributed by atoms with Gasteiger partial charge in [0.25, 0.3) is 0 Å². The summed E-state index contributed by atoms with van der Waals surface area (Å²) in [4.78, 5) is 0. The molecule has 18 heavy (non-hydrogen) atoms. The highest BCUT2D eigenvalue weighted by Crippen LogP contribution is 2.36. The Kier molecular flexibility index (Phi) is 4.62. The van der Waals surface area contributed by atoms with Crippen molar-refractivity contribution in [2.45, 2.75) is 43.7 Å². The van der Waals surface area contributed by atoms with Gasteiger partial charge in [0.1, 0.15) is 0 Å². The lowest BCUT2D eigenvalue weighted by molar-refractivity contribution is -0.0355. The van der Waals surface area contributed by atoms with E-state index in [2.05, 4.69) is 11.5 Å². The van der Waals surface area contributed by atoms with Crippen molar-refractivity contribution in [3.8, 4) is 0 Å². The lowest BCUT2D eigenvalue weighted by atomic mass is 9.88. The summed E-state index contributed by atoms with van der Waals surface area (Å²) in [5.41, 5.74) is 4.00. The zero-order valence-corrected chi connectivity index (χ0v) is 11.5.